The molecule has 0 aliphatic carbocycles. The van der Waals surface area contributed by atoms with Crippen LogP contribution in [0.2, 0.25) is 0 Å². The second kappa shape index (κ2) is 4.68. The number of hydrogen-bond acceptors (Lipinski definition) is 2. The number of benzene rings is 1. The maximum Gasteiger partial charge on any atom is 0.177 e. The van der Waals surface area contributed by atoms with E-state index in [9.17, 15) is 8.78 Å². The SMILES string of the molecule is NC1CCc2c(-c3ccc(F)cc3F)nc(Br)n2C1. The van der Waals surface area contributed by atoms with Gasteiger partial charge in [0, 0.05) is 29.9 Å². The molecule has 1 atom stereocenters. The Morgan fingerprint density at radius 2 is 2.16 bits per heavy atom. The summed E-state index contributed by atoms with van der Waals surface area (Å²) in [5, 5.41) is 0. The summed E-state index contributed by atoms with van der Waals surface area (Å²) in [6.07, 6.45) is 1.58. The van der Waals surface area contributed by atoms with Gasteiger partial charge in [-0.25, -0.2) is 13.8 Å². The van der Waals surface area contributed by atoms with Gasteiger partial charge >= 0.3 is 0 Å². The lowest BCUT2D eigenvalue weighted by Gasteiger charge is -2.22. The summed E-state index contributed by atoms with van der Waals surface area (Å²) in [5.74, 6) is -1.18. The van der Waals surface area contributed by atoms with E-state index in [2.05, 4.69) is 20.9 Å². The fraction of sp³-hybridized carbons (Fsp3) is 0.308. The molecule has 1 aromatic carbocycles. The summed E-state index contributed by atoms with van der Waals surface area (Å²) in [4.78, 5) is 4.35. The molecule has 6 heteroatoms. The first-order valence-electron chi connectivity index (χ1n) is 6.02. The molecule has 0 amide bonds. The molecule has 1 aliphatic heterocycles. The van der Waals surface area contributed by atoms with Crippen LogP contribution in [0.1, 0.15) is 12.1 Å². The van der Waals surface area contributed by atoms with Gasteiger partial charge in [0.05, 0.1) is 5.69 Å². The fourth-order valence-electron chi connectivity index (χ4n) is 2.44. The highest BCUT2D eigenvalue weighted by Crippen LogP contribution is 2.32. The first-order valence-corrected chi connectivity index (χ1v) is 6.81. The average Bonchev–Trinajstić information content (AvgIpc) is 2.66. The van der Waals surface area contributed by atoms with Gasteiger partial charge in [-0.05, 0) is 40.9 Å². The molecule has 2 N–H and O–H groups in total. The van der Waals surface area contributed by atoms with E-state index in [1.807, 2.05) is 4.57 Å². The van der Waals surface area contributed by atoms with Gasteiger partial charge in [0.2, 0.25) is 0 Å². The zero-order chi connectivity index (χ0) is 13.6. The summed E-state index contributed by atoms with van der Waals surface area (Å²) < 4.78 is 29.4. The number of rotatable bonds is 1. The highest BCUT2D eigenvalue weighted by atomic mass is 79.9. The van der Waals surface area contributed by atoms with E-state index in [0.29, 0.717) is 22.5 Å². The van der Waals surface area contributed by atoms with Crippen molar-refractivity contribution < 1.29 is 8.78 Å². The molecule has 2 aromatic rings. The summed E-state index contributed by atoms with van der Waals surface area (Å²) in [6, 6.07) is 3.63. The highest BCUT2D eigenvalue weighted by Gasteiger charge is 2.24. The Labute approximate surface area is 117 Å². The standard InChI is InChI=1S/C13H12BrF2N3/c14-13-18-12(9-3-1-7(15)5-10(9)16)11-4-2-8(17)6-19(11)13/h1,3,5,8H,2,4,6,17H2. The Bertz CT molecular complexity index is 639. The molecular formula is C13H12BrF2N3. The summed E-state index contributed by atoms with van der Waals surface area (Å²) >= 11 is 3.37. The highest BCUT2D eigenvalue weighted by molar-refractivity contribution is 9.10. The van der Waals surface area contributed by atoms with Crippen molar-refractivity contribution in [2.24, 2.45) is 5.73 Å². The molecule has 0 fully saturated rings. The lowest BCUT2D eigenvalue weighted by molar-refractivity contribution is 0.455. The third-order valence-corrected chi connectivity index (χ3v) is 3.99. The average molecular weight is 328 g/mol. The van der Waals surface area contributed by atoms with Gasteiger partial charge < -0.3 is 10.3 Å². The third-order valence-electron chi connectivity index (χ3n) is 3.38. The van der Waals surface area contributed by atoms with Crippen LogP contribution in [0, 0.1) is 11.6 Å². The van der Waals surface area contributed by atoms with Crippen LogP contribution in [0.5, 0.6) is 0 Å². The smallest absolute Gasteiger partial charge is 0.177 e. The minimum absolute atomic E-state index is 0.0870. The molecule has 1 unspecified atom stereocenters. The molecule has 0 saturated carbocycles. The molecule has 3 rings (SSSR count). The van der Waals surface area contributed by atoms with Crippen molar-refractivity contribution >= 4 is 15.9 Å². The van der Waals surface area contributed by atoms with Gasteiger partial charge in [0.25, 0.3) is 0 Å². The summed E-state index contributed by atoms with van der Waals surface area (Å²) in [5.41, 5.74) is 7.76. The number of aromatic nitrogens is 2. The first kappa shape index (κ1) is 12.7. The van der Waals surface area contributed by atoms with E-state index < -0.39 is 11.6 Å². The predicted molar refractivity (Wildman–Crippen MR) is 71.6 cm³/mol. The van der Waals surface area contributed by atoms with Crippen LogP contribution in [0.3, 0.4) is 0 Å². The Kier molecular flexibility index (Phi) is 3.14. The summed E-state index contributed by atoms with van der Waals surface area (Å²) in [6.45, 7) is 0.658. The quantitative estimate of drug-likeness (QED) is 0.875. The van der Waals surface area contributed by atoms with E-state index in [1.54, 1.807) is 0 Å². The Morgan fingerprint density at radius 3 is 2.89 bits per heavy atom. The minimum Gasteiger partial charge on any atom is -0.326 e. The van der Waals surface area contributed by atoms with Crippen LogP contribution in [0.15, 0.2) is 22.9 Å². The second-order valence-corrected chi connectivity index (χ2v) is 5.42. The zero-order valence-corrected chi connectivity index (χ0v) is 11.6. The fourth-order valence-corrected chi connectivity index (χ4v) is 2.98. The van der Waals surface area contributed by atoms with Crippen LogP contribution >= 0.6 is 15.9 Å². The molecule has 2 heterocycles. The van der Waals surface area contributed by atoms with Gasteiger partial charge in [0.1, 0.15) is 11.6 Å². The van der Waals surface area contributed by atoms with Crippen molar-refractivity contribution in [2.75, 3.05) is 0 Å². The number of imidazole rings is 1. The Balaban J connectivity index is 2.14. The van der Waals surface area contributed by atoms with Crippen molar-refractivity contribution in [1.29, 1.82) is 0 Å². The molecule has 1 aliphatic rings. The van der Waals surface area contributed by atoms with E-state index >= 15 is 0 Å². The zero-order valence-electron chi connectivity index (χ0n) is 10.0. The maximum atomic E-state index is 13.9. The van der Waals surface area contributed by atoms with E-state index in [1.165, 1.54) is 12.1 Å². The topological polar surface area (TPSA) is 43.8 Å². The molecule has 1 aromatic heterocycles. The predicted octanol–water partition coefficient (Wildman–Crippen LogP) is 2.86. The van der Waals surface area contributed by atoms with Gasteiger partial charge in [-0.1, -0.05) is 0 Å². The largest absolute Gasteiger partial charge is 0.326 e. The third kappa shape index (κ3) is 2.19. The van der Waals surface area contributed by atoms with Crippen molar-refractivity contribution in [2.45, 2.75) is 25.4 Å². The molecule has 19 heavy (non-hydrogen) atoms. The monoisotopic (exact) mass is 327 g/mol. The van der Waals surface area contributed by atoms with Gasteiger partial charge in [-0.3, -0.25) is 0 Å². The second-order valence-electron chi connectivity index (χ2n) is 4.71. The van der Waals surface area contributed by atoms with Crippen LogP contribution in [-0.4, -0.2) is 15.6 Å². The number of hydrogen-bond donors (Lipinski definition) is 1. The van der Waals surface area contributed by atoms with Crippen LogP contribution in [-0.2, 0) is 13.0 Å². The van der Waals surface area contributed by atoms with Crippen LogP contribution < -0.4 is 5.73 Å². The van der Waals surface area contributed by atoms with E-state index in [0.717, 1.165) is 24.6 Å². The number of halogens is 3. The lowest BCUT2D eigenvalue weighted by Crippen LogP contribution is -2.31. The lowest BCUT2D eigenvalue weighted by atomic mass is 10.0. The van der Waals surface area contributed by atoms with Crippen molar-refractivity contribution in [3.05, 3.63) is 40.3 Å². The van der Waals surface area contributed by atoms with Gasteiger partial charge in [-0.2, -0.15) is 0 Å². The molecule has 3 nitrogen and oxygen atoms in total. The van der Waals surface area contributed by atoms with Crippen LogP contribution in [0.4, 0.5) is 8.78 Å². The van der Waals surface area contributed by atoms with E-state index in [4.69, 9.17) is 5.73 Å². The van der Waals surface area contributed by atoms with Crippen molar-refractivity contribution in [1.82, 2.24) is 9.55 Å². The molecule has 0 spiro atoms. The van der Waals surface area contributed by atoms with E-state index in [-0.39, 0.29) is 6.04 Å². The van der Waals surface area contributed by atoms with Crippen LogP contribution in [0.25, 0.3) is 11.3 Å². The number of nitrogens with zero attached hydrogens (tertiary/aromatic N) is 2. The molecule has 0 saturated heterocycles. The summed E-state index contributed by atoms with van der Waals surface area (Å²) in [7, 11) is 0. The normalized spacial score (nSPS) is 18.4. The Hall–Kier alpha value is -1.27. The number of nitrogens with two attached hydrogens (primary N) is 1. The van der Waals surface area contributed by atoms with Gasteiger partial charge in [0.15, 0.2) is 4.73 Å². The van der Waals surface area contributed by atoms with Crippen molar-refractivity contribution in [3.8, 4) is 11.3 Å². The van der Waals surface area contributed by atoms with Gasteiger partial charge in [-0.15, -0.1) is 0 Å². The molecule has 0 radical (unpaired) electrons. The molecular weight excluding hydrogens is 316 g/mol. The molecule has 0 bridgehead atoms. The number of fused-ring (bicyclic) bond motifs is 1. The minimum atomic E-state index is -0.594. The Morgan fingerprint density at radius 1 is 1.37 bits per heavy atom. The molecule has 100 valence electrons. The first-order chi connectivity index (χ1) is 9.06. The van der Waals surface area contributed by atoms with Crippen molar-refractivity contribution in [3.63, 3.8) is 0 Å². The maximum absolute atomic E-state index is 13.9.